The van der Waals surface area contributed by atoms with Crippen molar-refractivity contribution in [1.82, 2.24) is 4.98 Å². The van der Waals surface area contributed by atoms with E-state index in [4.69, 9.17) is 4.74 Å². The van der Waals surface area contributed by atoms with Crippen molar-refractivity contribution in [2.45, 2.75) is 32.3 Å². The molecule has 0 atom stereocenters. The van der Waals surface area contributed by atoms with Crippen LogP contribution in [0.5, 0.6) is 5.75 Å². The molecule has 5 nitrogen and oxygen atoms in total. The van der Waals surface area contributed by atoms with Gasteiger partial charge in [-0.1, -0.05) is 6.92 Å². The van der Waals surface area contributed by atoms with Gasteiger partial charge in [-0.3, -0.25) is 4.72 Å². The van der Waals surface area contributed by atoms with Gasteiger partial charge in [-0.2, -0.15) is 0 Å². The number of hydrogen-bond acceptors (Lipinski definition) is 4. The zero-order valence-corrected chi connectivity index (χ0v) is 10.8. The number of nitrogens with zero attached hydrogens (tertiary/aromatic N) is 1. The van der Waals surface area contributed by atoms with Crippen molar-refractivity contribution in [2.24, 2.45) is 0 Å². The molecule has 1 fully saturated rings. The van der Waals surface area contributed by atoms with Crippen molar-refractivity contribution < 1.29 is 13.2 Å². The molecule has 94 valence electrons. The minimum absolute atomic E-state index is 0.285. The third kappa shape index (κ3) is 3.89. The summed E-state index contributed by atoms with van der Waals surface area (Å²) in [5.41, 5.74) is 0.814. The summed E-state index contributed by atoms with van der Waals surface area (Å²) in [5.74, 6) is 1.01. The number of hydrogen-bond donors (Lipinski definition) is 1. The molecule has 2 rings (SSSR count). The summed E-state index contributed by atoms with van der Waals surface area (Å²) in [6.07, 6.45) is 4.26. The first kappa shape index (κ1) is 12.2. The number of pyridine rings is 1. The molecule has 1 aliphatic carbocycles. The van der Waals surface area contributed by atoms with Crippen LogP contribution in [0.4, 0.5) is 5.82 Å². The maximum Gasteiger partial charge on any atom is 0.230 e. The largest absolute Gasteiger partial charge is 0.490 e. The normalized spacial score (nSPS) is 15.6. The van der Waals surface area contributed by atoms with Crippen molar-refractivity contribution in [2.75, 3.05) is 11.0 Å². The molecule has 1 N–H and O–H groups in total. The van der Waals surface area contributed by atoms with Crippen LogP contribution in [0.15, 0.2) is 12.1 Å². The SMILES string of the molecule is CCc1cc(OC2CC2)cc(NS(C)(=O)=O)n1. The van der Waals surface area contributed by atoms with Crippen molar-refractivity contribution in [1.29, 1.82) is 0 Å². The number of nitrogens with one attached hydrogen (secondary N) is 1. The van der Waals surface area contributed by atoms with Crippen LogP contribution < -0.4 is 9.46 Å². The lowest BCUT2D eigenvalue weighted by Crippen LogP contribution is -2.12. The minimum Gasteiger partial charge on any atom is -0.490 e. The fourth-order valence-corrected chi connectivity index (χ4v) is 1.91. The zero-order valence-electron chi connectivity index (χ0n) is 9.93. The highest BCUT2D eigenvalue weighted by atomic mass is 32.2. The average molecular weight is 256 g/mol. The summed E-state index contributed by atoms with van der Waals surface area (Å²) in [6, 6.07) is 3.48. The van der Waals surface area contributed by atoms with E-state index in [2.05, 4.69) is 9.71 Å². The Labute approximate surface area is 101 Å². The Hall–Kier alpha value is -1.30. The summed E-state index contributed by atoms with van der Waals surface area (Å²) in [5, 5.41) is 0. The van der Waals surface area contributed by atoms with Crippen molar-refractivity contribution in [3.8, 4) is 5.75 Å². The Bertz CT molecular complexity index is 509. The average Bonchev–Trinajstić information content (AvgIpc) is 2.98. The molecule has 0 aromatic carbocycles. The maximum absolute atomic E-state index is 11.2. The second kappa shape index (κ2) is 4.52. The summed E-state index contributed by atoms with van der Waals surface area (Å²) < 4.78 is 30.3. The van der Waals surface area contributed by atoms with Crippen LogP contribution in [0.2, 0.25) is 0 Å². The van der Waals surface area contributed by atoms with Crippen LogP contribution in [0.3, 0.4) is 0 Å². The van der Waals surface area contributed by atoms with Gasteiger partial charge in [0, 0.05) is 17.8 Å². The van der Waals surface area contributed by atoms with E-state index in [9.17, 15) is 8.42 Å². The van der Waals surface area contributed by atoms with Crippen LogP contribution >= 0.6 is 0 Å². The molecule has 1 aliphatic rings. The van der Waals surface area contributed by atoms with Gasteiger partial charge >= 0.3 is 0 Å². The summed E-state index contributed by atoms with van der Waals surface area (Å²) in [4.78, 5) is 4.19. The third-order valence-electron chi connectivity index (χ3n) is 2.33. The molecule has 0 bridgehead atoms. The molecule has 0 aliphatic heterocycles. The van der Waals surface area contributed by atoms with Crippen LogP contribution in [0.1, 0.15) is 25.5 Å². The fourth-order valence-electron chi connectivity index (χ4n) is 1.43. The van der Waals surface area contributed by atoms with Gasteiger partial charge in [0.1, 0.15) is 11.6 Å². The molecule has 1 aromatic heterocycles. The Balaban J connectivity index is 2.24. The van der Waals surface area contributed by atoms with E-state index in [-0.39, 0.29) is 6.10 Å². The van der Waals surface area contributed by atoms with Crippen molar-refractivity contribution in [3.05, 3.63) is 17.8 Å². The quantitative estimate of drug-likeness (QED) is 0.868. The molecule has 6 heteroatoms. The van der Waals surface area contributed by atoms with E-state index in [0.29, 0.717) is 11.6 Å². The zero-order chi connectivity index (χ0) is 12.5. The first-order valence-corrected chi connectivity index (χ1v) is 7.51. The van der Waals surface area contributed by atoms with E-state index in [1.54, 1.807) is 6.07 Å². The number of aryl methyl sites for hydroxylation is 1. The van der Waals surface area contributed by atoms with E-state index < -0.39 is 10.0 Å². The standard InChI is InChI=1S/C11H16N2O3S/c1-3-8-6-10(16-9-4-5-9)7-11(12-8)13-17(2,14)15/h6-7,9H,3-5H2,1-2H3,(H,12,13). The van der Waals surface area contributed by atoms with Gasteiger partial charge in [-0.15, -0.1) is 0 Å². The summed E-state index contributed by atoms with van der Waals surface area (Å²) >= 11 is 0. The number of sulfonamides is 1. The highest BCUT2D eigenvalue weighted by Gasteiger charge is 2.24. The van der Waals surface area contributed by atoms with Gasteiger partial charge in [0.25, 0.3) is 0 Å². The minimum atomic E-state index is -3.30. The lowest BCUT2D eigenvalue weighted by atomic mass is 10.3. The lowest BCUT2D eigenvalue weighted by molar-refractivity contribution is 0.303. The number of aromatic nitrogens is 1. The number of rotatable bonds is 5. The molecule has 1 aromatic rings. The fraction of sp³-hybridized carbons (Fsp3) is 0.545. The van der Waals surface area contributed by atoms with Crippen LogP contribution in [-0.4, -0.2) is 25.8 Å². The number of ether oxygens (including phenoxy) is 1. The molecule has 0 unspecified atom stereocenters. The smallest absolute Gasteiger partial charge is 0.230 e. The molecule has 0 amide bonds. The van der Waals surface area contributed by atoms with Gasteiger partial charge in [-0.25, -0.2) is 13.4 Å². The molecule has 17 heavy (non-hydrogen) atoms. The molecule has 0 saturated heterocycles. The van der Waals surface area contributed by atoms with Crippen LogP contribution in [0.25, 0.3) is 0 Å². The Kier molecular flexibility index (Phi) is 3.24. The lowest BCUT2D eigenvalue weighted by Gasteiger charge is -2.09. The van der Waals surface area contributed by atoms with Gasteiger partial charge in [0.05, 0.1) is 12.4 Å². The van der Waals surface area contributed by atoms with E-state index >= 15 is 0 Å². The molecule has 1 heterocycles. The maximum atomic E-state index is 11.2. The predicted octanol–water partition coefficient (Wildman–Crippen LogP) is 1.56. The number of anilines is 1. The first-order chi connectivity index (χ1) is 7.96. The topological polar surface area (TPSA) is 68.3 Å². The van der Waals surface area contributed by atoms with E-state index in [1.165, 1.54) is 0 Å². The molecule has 0 spiro atoms. The third-order valence-corrected chi connectivity index (χ3v) is 2.91. The summed E-state index contributed by atoms with van der Waals surface area (Å²) in [7, 11) is -3.30. The van der Waals surface area contributed by atoms with Crippen molar-refractivity contribution in [3.63, 3.8) is 0 Å². The predicted molar refractivity (Wildman–Crippen MR) is 65.7 cm³/mol. The van der Waals surface area contributed by atoms with Gasteiger partial charge in [-0.05, 0) is 19.3 Å². The van der Waals surface area contributed by atoms with Crippen LogP contribution in [0, 0.1) is 0 Å². The second-order valence-electron chi connectivity index (χ2n) is 4.22. The second-order valence-corrected chi connectivity index (χ2v) is 5.97. The molecular weight excluding hydrogens is 240 g/mol. The Morgan fingerprint density at radius 2 is 2.18 bits per heavy atom. The Morgan fingerprint density at radius 3 is 2.71 bits per heavy atom. The molecule has 1 saturated carbocycles. The van der Waals surface area contributed by atoms with Gasteiger partial charge in [0.2, 0.25) is 10.0 Å². The van der Waals surface area contributed by atoms with Gasteiger partial charge in [0.15, 0.2) is 0 Å². The van der Waals surface area contributed by atoms with Gasteiger partial charge < -0.3 is 4.74 Å². The van der Waals surface area contributed by atoms with E-state index in [0.717, 1.165) is 31.2 Å². The van der Waals surface area contributed by atoms with Crippen LogP contribution in [-0.2, 0) is 16.4 Å². The summed E-state index contributed by atoms with van der Waals surface area (Å²) in [6.45, 7) is 1.97. The van der Waals surface area contributed by atoms with E-state index in [1.807, 2.05) is 13.0 Å². The molecule has 0 radical (unpaired) electrons. The monoisotopic (exact) mass is 256 g/mol. The highest BCUT2D eigenvalue weighted by Crippen LogP contribution is 2.28. The van der Waals surface area contributed by atoms with Crippen molar-refractivity contribution >= 4 is 15.8 Å². The Morgan fingerprint density at radius 1 is 1.47 bits per heavy atom. The highest BCUT2D eigenvalue weighted by molar-refractivity contribution is 7.92. The first-order valence-electron chi connectivity index (χ1n) is 5.61. The molecular formula is C11H16N2O3S.